The second-order valence-electron chi connectivity index (χ2n) is 7.72. The fraction of sp³-hybridized carbons (Fsp3) is 0.333. The van der Waals surface area contributed by atoms with Crippen molar-refractivity contribution in [3.05, 3.63) is 76.9 Å². The number of likely N-dealkylation sites (tertiary alicyclic amines) is 1. The van der Waals surface area contributed by atoms with Crippen LogP contribution in [0.4, 0.5) is 0 Å². The molecule has 5 heteroatoms. The zero-order chi connectivity index (χ0) is 20.1. The average Bonchev–Trinajstić information content (AvgIpc) is 3.28. The highest BCUT2D eigenvalue weighted by Gasteiger charge is 2.19. The van der Waals surface area contributed by atoms with E-state index in [2.05, 4.69) is 10.2 Å². The van der Waals surface area contributed by atoms with Gasteiger partial charge in [-0.3, -0.25) is 9.36 Å². The molecule has 0 bridgehead atoms. The van der Waals surface area contributed by atoms with Crippen molar-refractivity contribution in [2.45, 2.75) is 19.3 Å². The predicted molar refractivity (Wildman–Crippen MR) is 119 cm³/mol. The molecule has 150 valence electrons. The topological polar surface area (TPSA) is 61.1 Å². The molecule has 1 unspecified atom stereocenters. The van der Waals surface area contributed by atoms with Crippen LogP contribution in [0.3, 0.4) is 0 Å². The number of pyridine rings is 1. The number of nitrogens with one attached hydrogen (secondary N) is 2. The lowest BCUT2D eigenvalue weighted by atomic mass is 9.95. The van der Waals surface area contributed by atoms with Crippen molar-refractivity contribution >= 4 is 11.9 Å². The van der Waals surface area contributed by atoms with Gasteiger partial charge in [-0.25, -0.2) is 0 Å². The summed E-state index contributed by atoms with van der Waals surface area (Å²) in [5.41, 5.74) is 3.91. The number of hydrogen-bond acceptors (Lipinski definition) is 4. The lowest BCUT2D eigenvalue weighted by Gasteiger charge is -2.25. The molecule has 1 aromatic heterocycles. The summed E-state index contributed by atoms with van der Waals surface area (Å²) < 4.78 is 1.69. The standard InChI is InChI=1S/C24H28N4O/c25-18-21-16-22(8-9-23(21)26-11-15-27-12-4-5-13-27)28-14-10-20(17-24(28)29)19-6-2-1-3-7-19/h1-3,6-10,14,17-18,21,25-26H,4-5,11-13,15-16H2. The van der Waals surface area contributed by atoms with Gasteiger partial charge in [0, 0.05) is 55.3 Å². The quantitative estimate of drug-likeness (QED) is 0.713. The molecular weight excluding hydrogens is 360 g/mol. The molecule has 1 atom stereocenters. The maximum Gasteiger partial charge on any atom is 0.255 e. The lowest BCUT2D eigenvalue weighted by Crippen LogP contribution is -2.33. The van der Waals surface area contributed by atoms with Gasteiger partial charge in [0.05, 0.1) is 0 Å². The van der Waals surface area contributed by atoms with E-state index in [0.717, 1.165) is 35.6 Å². The van der Waals surface area contributed by atoms with Gasteiger partial charge in [-0.2, -0.15) is 0 Å². The van der Waals surface area contributed by atoms with E-state index in [1.165, 1.54) is 32.1 Å². The molecule has 0 radical (unpaired) electrons. The van der Waals surface area contributed by atoms with Crippen LogP contribution < -0.4 is 10.9 Å². The third-order valence-electron chi connectivity index (χ3n) is 5.78. The van der Waals surface area contributed by atoms with Crippen molar-refractivity contribution in [2.75, 3.05) is 26.2 Å². The highest BCUT2D eigenvalue weighted by molar-refractivity contribution is 5.69. The Bertz CT molecular complexity index is 968. The molecule has 0 amide bonds. The Hall–Kier alpha value is -2.92. The Labute approximate surface area is 171 Å². The number of rotatable bonds is 7. The Morgan fingerprint density at radius 1 is 1.07 bits per heavy atom. The zero-order valence-corrected chi connectivity index (χ0v) is 16.7. The Morgan fingerprint density at radius 2 is 1.86 bits per heavy atom. The average molecular weight is 389 g/mol. The number of allylic oxidation sites excluding steroid dienone is 4. The minimum atomic E-state index is -0.0415. The van der Waals surface area contributed by atoms with Gasteiger partial charge in [0.15, 0.2) is 0 Å². The van der Waals surface area contributed by atoms with Gasteiger partial charge >= 0.3 is 0 Å². The number of benzene rings is 1. The zero-order valence-electron chi connectivity index (χ0n) is 16.7. The number of nitrogens with zero attached hydrogens (tertiary/aromatic N) is 2. The molecule has 2 heterocycles. The summed E-state index contributed by atoms with van der Waals surface area (Å²) in [7, 11) is 0. The third-order valence-corrected chi connectivity index (χ3v) is 5.78. The maximum atomic E-state index is 12.7. The molecule has 0 spiro atoms. The summed E-state index contributed by atoms with van der Waals surface area (Å²) >= 11 is 0. The van der Waals surface area contributed by atoms with Crippen molar-refractivity contribution < 1.29 is 0 Å². The van der Waals surface area contributed by atoms with Crippen LogP contribution in [-0.2, 0) is 0 Å². The molecular formula is C24H28N4O. The Balaban J connectivity index is 1.48. The minimum Gasteiger partial charge on any atom is -0.387 e. The van der Waals surface area contributed by atoms with Crippen molar-refractivity contribution in [1.82, 2.24) is 14.8 Å². The van der Waals surface area contributed by atoms with E-state index in [1.807, 2.05) is 54.7 Å². The Kier molecular flexibility index (Phi) is 6.06. The van der Waals surface area contributed by atoms with Crippen LogP contribution in [0.15, 0.2) is 71.3 Å². The van der Waals surface area contributed by atoms with E-state index < -0.39 is 0 Å². The summed E-state index contributed by atoms with van der Waals surface area (Å²) in [6.07, 6.45) is 10.6. The smallest absolute Gasteiger partial charge is 0.255 e. The molecule has 1 fully saturated rings. The molecule has 1 aliphatic heterocycles. The highest BCUT2D eigenvalue weighted by Crippen LogP contribution is 2.25. The van der Waals surface area contributed by atoms with Crippen LogP contribution in [0.1, 0.15) is 19.3 Å². The van der Waals surface area contributed by atoms with Crippen LogP contribution in [-0.4, -0.2) is 41.9 Å². The number of hydrogen-bond donors (Lipinski definition) is 2. The molecule has 1 aromatic carbocycles. The molecule has 4 rings (SSSR count). The van der Waals surface area contributed by atoms with Crippen molar-refractivity contribution in [3.63, 3.8) is 0 Å². The second-order valence-corrected chi connectivity index (χ2v) is 7.72. The third kappa shape index (κ3) is 4.57. The van der Waals surface area contributed by atoms with Crippen molar-refractivity contribution in [3.8, 4) is 11.1 Å². The second kappa shape index (κ2) is 9.05. The van der Waals surface area contributed by atoms with E-state index in [-0.39, 0.29) is 11.5 Å². The van der Waals surface area contributed by atoms with Gasteiger partial charge < -0.3 is 15.6 Å². The van der Waals surface area contributed by atoms with Crippen LogP contribution in [0.25, 0.3) is 16.8 Å². The first-order valence-corrected chi connectivity index (χ1v) is 10.4. The molecule has 2 aromatic rings. The van der Waals surface area contributed by atoms with E-state index in [4.69, 9.17) is 5.41 Å². The normalized spacial score (nSPS) is 19.5. The first kappa shape index (κ1) is 19.4. The van der Waals surface area contributed by atoms with Crippen molar-refractivity contribution in [2.24, 2.45) is 5.92 Å². The molecule has 2 aliphatic rings. The monoisotopic (exact) mass is 388 g/mol. The lowest BCUT2D eigenvalue weighted by molar-refractivity contribution is 0.339. The van der Waals surface area contributed by atoms with Crippen LogP contribution in [0, 0.1) is 11.3 Å². The van der Waals surface area contributed by atoms with Gasteiger partial charge in [0.25, 0.3) is 5.56 Å². The molecule has 5 nitrogen and oxygen atoms in total. The van der Waals surface area contributed by atoms with Gasteiger partial charge in [-0.1, -0.05) is 30.3 Å². The van der Waals surface area contributed by atoms with E-state index in [0.29, 0.717) is 6.42 Å². The summed E-state index contributed by atoms with van der Waals surface area (Å²) in [5, 5.41) is 11.4. The van der Waals surface area contributed by atoms with Gasteiger partial charge in [-0.15, -0.1) is 0 Å². The highest BCUT2D eigenvalue weighted by atomic mass is 16.1. The van der Waals surface area contributed by atoms with E-state index in [9.17, 15) is 4.79 Å². The fourth-order valence-corrected chi connectivity index (χ4v) is 4.12. The first-order chi connectivity index (χ1) is 14.2. The fourth-order valence-electron chi connectivity index (χ4n) is 4.12. The first-order valence-electron chi connectivity index (χ1n) is 10.4. The van der Waals surface area contributed by atoms with Gasteiger partial charge in [0.2, 0.25) is 0 Å². The summed E-state index contributed by atoms with van der Waals surface area (Å²) in [6, 6.07) is 13.6. The van der Waals surface area contributed by atoms with Crippen LogP contribution in [0.5, 0.6) is 0 Å². The molecule has 2 N–H and O–H groups in total. The maximum absolute atomic E-state index is 12.7. The van der Waals surface area contributed by atoms with Gasteiger partial charge in [-0.05, 0) is 55.3 Å². The van der Waals surface area contributed by atoms with Crippen LogP contribution >= 0.6 is 0 Å². The Morgan fingerprint density at radius 3 is 2.59 bits per heavy atom. The van der Waals surface area contributed by atoms with Crippen LogP contribution in [0.2, 0.25) is 0 Å². The van der Waals surface area contributed by atoms with Gasteiger partial charge in [0.1, 0.15) is 0 Å². The molecule has 0 saturated carbocycles. The van der Waals surface area contributed by atoms with Crippen molar-refractivity contribution in [1.29, 1.82) is 5.41 Å². The summed E-state index contributed by atoms with van der Waals surface area (Å²) in [4.78, 5) is 15.2. The summed E-state index contributed by atoms with van der Waals surface area (Å²) in [6.45, 7) is 4.32. The molecule has 29 heavy (non-hydrogen) atoms. The SMILES string of the molecule is N=CC1CC(n2ccc(-c3ccccc3)cc2=O)=CC=C1NCCN1CCCC1. The molecule has 1 aliphatic carbocycles. The summed E-state index contributed by atoms with van der Waals surface area (Å²) in [5.74, 6) is -0.0192. The largest absolute Gasteiger partial charge is 0.387 e. The predicted octanol–water partition coefficient (Wildman–Crippen LogP) is 3.59. The van der Waals surface area contributed by atoms with E-state index in [1.54, 1.807) is 10.6 Å². The molecule has 1 saturated heterocycles. The van der Waals surface area contributed by atoms with E-state index >= 15 is 0 Å². The number of aromatic nitrogens is 1. The minimum absolute atomic E-state index is 0.0192.